The van der Waals surface area contributed by atoms with Crippen LogP contribution >= 0.6 is 0 Å². The van der Waals surface area contributed by atoms with Gasteiger partial charge in [-0.2, -0.15) is 5.10 Å². The van der Waals surface area contributed by atoms with Gasteiger partial charge in [-0.15, -0.1) is 13.2 Å². The number of fused-ring (bicyclic) bond motifs is 2. The molecule has 0 fully saturated rings. The fraction of sp³-hybridized carbons (Fsp3) is 0.174. The number of amides is 1. The second kappa shape index (κ2) is 7.86. The first-order valence-electron chi connectivity index (χ1n) is 10.7. The Balaban J connectivity index is 1.49. The maximum Gasteiger partial charge on any atom is 0.573 e. The van der Waals surface area contributed by atoms with Crippen molar-refractivity contribution in [1.29, 1.82) is 0 Å². The monoisotopic (exact) mass is 480 g/mol. The van der Waals surface area contributed by atoms with Gasteiger partial charge < -0.3 is 9.64 Å². The van der Waals surface area contributed by atoms with Crippen molar-refractivity contribution in [3.05, 3.63) is 77.5 Å². The molecule has 0 radical (unpaired) electrons. The highest BCUT2D eigenvalue weighted by Gasteiger charge is 2.43. The molecule has 5 rings (SSSR count). The van der Waals surface area contributed by atoms with E-state index in [0.717, 1.165) is 0 Å². The molecule has 0 saturated heterocycles. The van der Waals surface area contributed by atoms with E-state index in [0.29, 0.717) is 33.3 Å². The van der Waals surface area contributed by atoms with Gasteiger partial charge in [-0.25, -0.2) is 4.39 Å². The van der Waals surface area contributed by atoms with Crippen molar-refractivity contribution in [3.63, 3.8) is 0 Å². The lowest BCUT2D eigenvalue weighted by Crippen LogP contribution is -2.44. The van der Waals surface area contributed by atoms with Crippen LogP contribution in [0.5, 0.6) is 5.75 Å². The Morgan fingerprint density at radius 2 is 1.89 bits per heavy atom. The maximum absolute atomic E-state index is 15.3. The maximum atomic E-state index is 15.3. The zero-order valence-corrected chi connectivity index (χ0v) is 19.0. The van der Waals surface area contributed by atoms with Crippen LogP contribution in [-0.4, -0.2) is 47.6 Å². The van der Waals surface area contributed by atoms with E-state index in [1.54, 1.807) is 48.6 Å². The lowest BCUT2D eigenvalue weighted by atomic mass is 9.59. The number of benzene rings is 2. The highest BCUT2D eigenvalue weighted by Crippen LogP contribution is 2.38. The van der Waals surface area contributed by atoms with Gasteiger partial charge in [0, 0.05) is 42.3 Å². The normalized spacial score (nSPS) is 15.0. The quantitative estimate of drug-likeness (QED) is 0.333. The average Bonchev–Trinajstić information content (AvgIpc) is 3.26. The Bertz CT molecular complexity index is 1490. The third-order valence-corrected chi connectivity index (χ3v) is 6.21. The highest BCUT2D eigenvalue weighted by molar-refractivity contribution is 6.42. The number of alkyl halides is 3. The van der Waals surface area contributed by atoms with Crippen LogP contribution in [0.4, 0.5) is 17.6 Å². The number of hydrogen-bond acceptors (Lipinski definition) is 4. The van der Waals surface area contributed by atoms with Gasteiger partial charge in [0.05, 0.1) is 11.3 Å². The van der Waals surface area contributed by atoms with Crippen LogP contribution in [0.15, 0.2) is 54.9 Å². The number of aryl methyl sites for hydroxylation is 1. The third-order valence-electron chi connectivity index (χ3n) is 6.21. The standard InChI is InChI=1S/C23H18B2F4N4O2/c1-32-11-16-14(6-7-18(19(16)31-32)35-23(27,28)29)12-4-5-13(17(26)9-12)10-33-21(34)15-3-2-8-30-20(15)22(33,24)25/h2-9,11H,10,24-25H2,1H3. The molecule has 4 aromatic rings. The van der Waals surface area contributed by atoms with Crippen LogP contribution in [0.25, 0.3) is 22.0 Å². The van der Waals surface area contributed by atoms with Gasteiger partial charge in [-0.1, -0.05) is 12.1 Å². The van der Waals surface area contributed by atoms with E-state index >= 15 is 4.39 Å². The predicted molar refractivity (Wildman–Crippen MR) is 126 cm³/mol. The molecule has 2 aromatic carbocycles. The van der Waals surface area contributed by atoms with Crippen LogP contribution in [0.1, 0.15) is 21.6 Å². The minimum Gasteiger partial charge on any atom is -0.403 e. The molecule has 12 heteroatoms. The van der Waals surface area contributed by atoms with E-state index in [4.69, 9.17) is 0 Å². The van der Waals surface area contributed by atoms with Crippen LogP contribution in [0.3, 0.4) is 0 Å². The summed E-state index contributed by atoms with van der Waals surface area (Å²) in [5.41, 5.74) is 2.42. The Morgan fingerprint density at radius 3 is 2.57 bits per heavy atom. The summed E-state index contributed by atoms with van der Waals surface area (Å²) in [4.78, 5) is 18.9. The van der Waals surface area contributed by atoms with E-state index in [2.05, 4.69) is 14.8 Å². The average molecular weight is 480 g/mol. The number of halogens is 4. The van der Waals surface area contributed by atoms with Crippen molar-refractivity contribution in [1.82, 2.24) is 19.7 Å². The molecule has 0 saturated carbocycles. The minimum atomic E-state index is -4.87. The highest BCUT2D eigenvalue weighted by atomic mass is 19.4. The second-order valence-electron chi connectivity index (χ2n) is 8.88. The first kappa shape index (κ1) is 22.9. The molecule has 6 nitrogen and oxygen atoms in total. The van der Waals surface area contributed by atoms with Crippen molar-refractivity contribution in [3.8, 4) is 16.9 Å². The first-order chi connectivity index (χ1) is 16.5. The van der Waals surface area contributed by atoms with Crippen molar-refractivity contribution >= 4 is 32.5 Å². The minimum absolute atomic E-state index is 0.0153. The number of pyridine rings is 1. The van der Waals surface area contributed by atoms with E-state index in [-0.39, 0.29) is 18.0 Å². The van der Waals surface area contributed by atoms with Gasteiger partial charge in [0.25, 0.3) is 5.91 Å². The molecule has 0 unspecified atom stereocenters. The van der Waals surface area contributed by atoms with Crippen LogP contribution in [0.2, 0.25) is 0 Å². The number of rotatable bonds is 4. The summed E-state index contributed by atoms with van der Waals surface area (Å²) in [6, 6.07) is 10.6. The second-order valence-corrected chi connectivity index (χ2v) is 8.88. The molecule has 0 bridgehead atoms. The van der Waals surface area contributed by atoms with Crippen molar-refractivity contribution in [2.45, 2.75) is 18.2 Å². The molecule has 0 atom stereocenters. The number of nitrogens with zero attached hydrogens (tertiary/aromatic N) is 4. The predicted octanol–water partition coefficient (Wildman–Crippen LogP) is 2.71. The number of carbonyl (C=O) groups is 1. The third kappa shape index (κ3) is 3.92. The molecule has 0 N–H and O–H groups in total. The zero-order chi connectivity index (χ0) is 25.1. The molecule has 1 amide bonds. The van der Waals surface area contributed by atoms with Gasteiger partial charge in [0.2, 0.25) is 0 Å². The van der Waals surface area contributed by atoms with Crippen molar-refractivity contribution < 1.29 is 27.1 Å². The summed E-state index contributed by atoms with van der Waals surface area (Å²) in [6.45, 7) is 0.0367. The van der Waals surface area contributed by atoms with Crippen molar-refractivity contribution in [2.75, 3.05) is 0 Å². The summed E-state index contributed by atoms with van der Waals surface area (Å²) < 4.78 is 59.1. The largest absolute Gasteiger partial charge is 0.573 e. The molecular weight excluding hydrogens is 462 g/mol. The number of ether oxygens (including phenoxy) is 1. The number of hydrogen-bond donors (Lipinski definition) is 0. The molecule has 176 valence electrons. The lowest BCUT2D eigenvalue weighted by Gasteiger charge is -2.32. The van der Waals surface area contributed by atoms with Gasteiger partial charge >= 0.3 is 6.36 Å². The molecule has 1 aliphatic rings. The van der Waals surface area contributed by atoms with Crippen molar-refractivity contribution in [2.24, 2.45) is 7.05 Å². The fourth-order valence-electron chi connectivity index (χ4n) is 4.53. The Morgan fingerprint density at radius 1 is 1.11 bits per heavy atom. The smallest absolute Gasteiger partial charge is 0.403 e. The summed E-state index contributed by atoms with van der Waals surface area (Å²) in [5.74, 6) is -1.20. The first-order valence-corrected chi connectivity index (χ1v) is 10.7. The fourth-order valence-corrected chi connectivity index (χ4v) is 4.53. The SMILES string of the molecule is BC1(B)c2ncccc2C(=O)N1Cc1ccc(-c2ccc(OC(F)(F)F)c3nn(C)cc23)cc1F. The van der Waals surface area contributed by atoms with Gasteiger partial charge in [0.1, 0.15) is 27.0 Å². The molecule has 35 heavy (non-hydrogen) atoms. The molecule has 0 aliphatic carbocycles. The molecule has 0 spiro atoms. The van der Waals surface area contributed by atoms with E-state index in [1.165, 1.54) is 22.9 Å². The molecular formula is C23H18B2F4N4O2. The van der Waals surface area contributed by atoms with E-state index in [9.17, 15) is 18.0 Å². The number of carbonyl (C=O) groups excluding carboxylic acids is 1. The summed E-state index contributed by atoms with van der Waals surface area (Å²) in [7, 11) is 5.30. The zero-order valence-electron chi connectivity index (χ0n) is 19.0. The molecule has 3 heterocycles. The van der Waals surface area contributed by atoms with Crippen LogP contribution in [-0.2, 0) is 18.9 Å². The molecule has 2 aromatic heterocycles. The van der Waals surface area contributed by atoms with Gasteiger partial charge in [-0.05, 0) is 41.5 Å². The summed E-state index contributed by atoms with van der Waals surface area (Å²) in [5, 5.41) is 3.76. The summed E-state index contributed by atoms with van der Waals surface area (Å²) >= 11 is 0. The topological polar surface area (TPSA) is 60.3 Å². The Labute approximate surface area is 199 Å². The van der Waals surface area contributed by atoms with Crippen LogP contribution < -0.4 is 4.74 Å². The Hall–Kier alpha value is -3.82. The Kier molecular flexibility index (Phi) is 5.15. The summed E-state index contributed by atoms with van der Waals surface area (Å²) in [6.07, 6.45) is -1.69. The van der Waals surface area contributed by atoms with Gasteiger partial charge in [0.15, 0.2) is 5.75 Å². The van der Waals surface area contributed by atoms with Crippen LogP contribution in [0, 0.1) is 5.82 Å². The van der Waals surface area contributed by atoms with Gasteiger partial charge in [-0.3, -0.25) is 14.5 Å². The van der Waals surface area contributed by atoms with E-state index < -0.39 is 23.3 Å². The lowest BCUT2D eigenvalue weighted by molar-refractivity contribution is -0.274. The molecule has 1 aliphatic heterocycles. The van der Waals surface area contributed by atoms with E-state index in [1.807, 2.05) is 15.7 Å². The number of aromatic nitrogens is 3.